The summed E-state index contributed by atoms with van der Waals surface area (Å²) in [6.07, 6.45) is 12.5. The highest BCUT2D eigenvalue weighted by Gasteiger charge is 2.25. The Morgan fingerprint density at radius 2 is 1.61 bits per heavy atom. The van der Waals surface area contributed by atoms with E-state index in [0.717, 1.165) is 12.2 Å². The van der Waals surface area contributed by atoms with Crippen molar-refractivity contribution in [3.8, 4) is 5.75 Å². The molecule has 1 atom stereocenters. The third-order valence-electron chi connectivity index (χ3n) is 5.39. The monoisotopic (exact) mass is 456 g/mol. The number of ether oxygens (including phenoxy) is 3. The van der Waals surface area contributed by atoms with Gasteiger partial charge in [0.1, 0.15) is 23.6 Å². The zero-order chi connectivity index (χ0) is 23.9. The summed E-state index contributed by atoms with van der Waals surface area (Å²) in [5.41, 5.74) is 1.24. The molecular formula is C26H36N2O5. The lowest BCUT2D eigenvalue weighted by atomic mass is 10.0. The van der Waals surface area contributed by atoms with Gasteiger partial charge >= 0.3 is 6.03 Å². The zero-order valence-electron chi connectivity index (χ0n) is 19.9. The van der Waals surface area contributed by atoms with Crippen LogP contribution >= 0.6 is 0 Å². The number of methoxy groups -OCH3 is 2. The molecule has 1 aliphatic rings. The molecule has 1 unspecified atom stereocenters. The van der Waals surface area contributed by atoms with Crippen LogP contribution in [0.5, 0.6) is 5.75 Å². The minimum Gasteiger partial charge on any atom is -0.497 e. The van der Waals surface area contributed by atoms with Gasteiger partial charge in [0.15, 0.2) is 0 Å². The van der Waals surface area contributed by atoms with E-state index in [2.05, 4.69) is 17.6 Å². The molecule has 0 fully saturated rings. The van der Waals surface area contributed by atoms with Gasteiger partial charge in [0.25, 0.3) is 0 Å². The van der Waals surface area contributed by atoms with Crippen LogP contribution in [-0.4, -0.2) is 38.9 Å². The summed E-state index contributed by atoms with van der Waals surface area (Å²) in [6, 6.07) is 6.76. The lowest BCUT2D eigenvalue weighted by Gasteiger charge is -2.23. The molecule has 0 bridgehead atoms. The molecule has 2 rings (SSSR count). The second kappa shape index (κ2) is 14.9. The molecule has 1 aliphatic carbocycles. The van der Waals surface area contributed by atoms with Gasteiger partial charge in [-0.2, -0.15) is 0 Å². The summed E-state index contributed by atoms with van der Waals surface area (Å²) in [5.74, 6) is 3.02. The van der Waals surface area contributed by atoms with Crippen molar-refractivity contribution in [3.63, 3.8) is 0 Å². The number of carbonyl (C=O) groups is 1. The van der Waals surface area contributed by atoms with E-state index in [1.165, 1.54) is 65.2 Å². The van der Waals surface area contributed by atoms with Crippen molar-refractivity contribution in [1.82, 2.24) is 5.32 Å². The average molecular weight is 457 g/mol. The molecule has 33 heavy (non-hydrogen) atoms. The number of benzene rings is 1. The first-order valence-corrected chi connectivity index (χ1v) is 11.7. The highest BCUT2D eigenvalue weighted by Crippen LogP contribution is 2.23. The number of allylic oxidation sites excluding steroid dienone is 1. The molecule has 1 aromatic rings. The van der Waals surface area contributed by atoms with E-state index in [1.54, 1.807) is 18.2 Å². The summed E-state index contributed by atoms with van der Waals surface area (Å²) >= 11 is 0. The third-order valence-corrected chi connectivity index (χ3v) is 5.39. The van der Waals surface area contributed by atoms with E-state index in [1.807, 2.05) is 18.1 Å². The van der Waals surface area contributed by atoms with E-state index in [0.29, 0.717) is 23.8 Å². The Hall–Kier alpha value is -3.02. The predicted molar refractivity (Wildman–Crippen MR) is 130 cm³/mol. The highest BCUT2D eigenvalue weighted by molar-refractivity contribution is 5.91. The Morgan fingerprint density at radius 3 is 2.21 bits per heavy atom. The van der Waals surface area contributed by atoms with Crippen molar-refractivity contribution in [2.24, 2.45) is 0 Å². The van der Waals surface area contributed by atoms with Crippen LogP contribution in [0.25, 0.3) is 0 Å². The Balaban J connectivity index is 1.75. The molecule has 7 heteroatoms. The van der Waals surface area contributed by atoms with Crippen LogP contribution < -0.4 is 15.4 Å². The standard InChI is InChI=1S/C26H36N2O5/c1-4-5-6-7-8-9-10-11-16-33-22-14-12-21(13-15-22)27-26(30)28-24-18-23(31-2)17-20(19-29)25(24)32-3/h12-15,17-18,25H,4-11,16H2,1-3H3,(H2,27,28,30). The number of urea groups is 1. The first kappa shape index (κ1) is 26.2. The van der Waals surface area contributed by atoms with Crippen molar-refractivity contribution in [1.29, 1.82) is 0 Å². The Bertz CT molecular complexity index is 854. The van der Waals surface area contributed by atoms with Crippen LogP contribution in [0.2, 0.25) is 0 Å². The van der Waals surface area contributed by atoms with Gasteiger partial charge in [-0.25, -0.2) is 9.59 Å². The summed E-state index contributed by atoms with van der Waals surface area (Å²) in [7, 11) is 2.93. The maximum absolute atomic E-state index is 12.5. The van der Waals surface area contributed by atoms with Crippen LogP contribution in [-0.2, 0) is 14.3 Å². The van der Waals surface area contributed by atoms with Crippen molar-refractivity contribution in [3.05, 3.63) is 53.4 Å². The van der Waals surface area contributed by atoms with Gasteiger partial charge < -0.3 is 24.8 Å². The van der Waals surface area contributed by atoms with Crippen LogP contribution in [0.4, 0.5) is 10.5 Å². The fourth-order valence-corrected chi connectivity index (χ4v) is 3.58. The second-order valence-electron chi connectivity index (χ2n) is 7.95. The van der Waals surface area contributed by atoms with E-state index in [-0.39, 0.29) is 5.57 Å². The fraction of sp³-hybridized carbons (Fsp3) is 0.500. The van der Waals surface area contributed by atoms with Crippen molar-refractivity contribution in [2.75, 3.05) is 26.1 Å². The smallest absolute Gasteiger partial charge is 0.323 e. The number of hydrogen-bond acceptors (Lipinski definition) is 5. The van der Waals surface area contributed by atoms with Crippen LogP contribution in [0.1, 0.15) is 58.3 Å². The van der Waals surface area contributed by atoms with Gasteiger partial charge in [-0.05, 0) is 36.8 Å². The summed E-state index contributed by atoms with van der Waals surface area (Å²) in [5, 5.41) is 5.48. The molecule has 0 saturated carbocycles. The van der Waals surface area contributed by atoms with Crippen molar-refractivity contribution in [2.45, 2.75) is 64.4 Å². The van der Waals surface area contributed by atoms with E-state index in [4.69, 9.17) is 14.2 Å². The molecule has 0 spiro atoms. The zero-order valence-corrected chi connectivity index (χ0v) is 19.9. The quantitative estimate of drug-likeness (QED) is 0.284. The molecule has 0 aliphatic heterocycles. The molecule has 0 radical (unpaired) electrons. The van der Waals surface area contributed by atoms with E-state index in [9.17, 15) is 9.59 Å². The molecule has 1 aromatic carbocycles. The van der Waals surface area contributed by atoms with Gasteiger partial charge in [-0.15, -0.1) is 0 Å². The summed E-state index contributed by atoms with van der Waals surface area (Å²) in [4.78, 5) is 23.7. The molecule has 2 N–H and O–H groups in total. The topological polar surface area (TPSA) is 85.9 Å². The van der Waals surface area contributed by atoms with Gasteiger partial charge in [-0.3, -0.25) is 0 Å². The lowest BCUT2D eigenvalue weighted by Crippen LogP contribution is -2.36. The Labute approximate surface area is 196 Å². The summed E-state index contributed by atoms with van der Waals surface area (Å²) < 4.78 is 16.3. The molecule has 180 valence electrons. The van der Waals surface area contributed by atoms with Crippen molar-refractivity contribution < 1.29 is 23.8 Å². The average Bonchev–Trinajstić information content (AvgIpc) is 2.83. The molecule has 2 amide bonds. The molecule has 7 nitrogen and oxygen atoms in total. The Kier molecular flexibility index (Phi) is 11.9. The van der Waals surface area contributed by atoms with Crippen molar-refractivity contribution >= 4 is 17.7 Å². The second-order valence-corrected chi connectivity index (χ2v) is 7.95. The maximum atomic E-state index is 12.5. The molecule has 0 aromatic heterocycles. The number of carbonyl (C=O) groups excluding carboxylic acids is 2. The SMILES string of the molecule is CCCCCCCCCCOc1ccc(NC(=O)NC2=CC(OC)=CC(=C=O)C2OC)cc1. The van der Waals surface area contributed by atoms with Gasteiger partial charge in [-0.1, -0.05) is 51.9 Å². The maximum Gasteiger partial charge on any atom is 0.323 e. The minimum absolute atomic E-state index is 0.241. The predicted octanol–water partition coefficient (Wildman–Crippen LogP) is 5.53. The molecule has 0 saturated heterocycles. The number of amides is 2. The molecule has 0 heterocycles. The number of unbranched alkanes of at least 4 members (excludes halogenated alkanes) is 7. The lowest BCUT2D eigenvalue weighted by molar-refractivity contribution is 0.154. The number of nitrogens with one attached hydrogen (secondary N) is 2. The normalized spacial score (nSPS) is 15.2. The third kappa shape index (κ3) is 9.16. The van der Waals surface area contributed by atoms with E-state index < -0.39 is 12.1 Å². The Morgan fingerprint density at radius 1 is 0.939 bits per heavy atom. The highest BCUT2D eigenvalue weighted by atomic mass is 16.5. The van der Waals surface area contributed by atoms with Crippen LogP contribution in [0.3, 0.4) is 0 Å². The first-order chi connectivity index (χ1) is 16.1. The minimum atomic E-state index is -0.723. The van der Waals surface area contributed by atoms with Gasteiger partial charge in [0.2, 0.25) is 0 Å². The summed E-state index contributed by atoms with van der Waals surface area (Å²) in [6.45, 7) is 2.93. The van der Waals surface area contributed by atoms with Gasteiger partial charge in [0, 0.05) is 18.9 Å². The number of rotatable bonds is 14. The van der Waals surface area contributed by atoms with E-state index >= 15 is 0 Å². The van der Waals surface area contributed by atoms with Crippen LogP contribution in [0.15, 0.2) is 53.4 Å². The fourth-order valence-electron chi connectivity index (χ4n) is 3.58. The van der Waals surface area contributed by atoms with Crippen LogP contribution in [0, 0.1) is 0 Å². The molecular weight excluding hydrogens is 420 g/mol. The largest absolute Gasteiger partial charge is 0.497 e. The number of anilines is 1. The van der Waals surface area contributed by atoms with Gasteiger partial charge in [0.05, 0.1) is 25.0 Å². The number of hydrogen-bond donors (Lipinski definition) is 2. The first-order valence-electron chi connectivity index (χ1n) is 11.7.